The molecule has 4 rings (SSSR count). The van der Waals surface area contributed by atoms with Crippen LogP contribution in [0.2, 0.25) is 0 Å². The second-order valence-electron chi connectivity index (χ2n) is 7.09. The monoisotopic (exact) mass is 388 g/mol. The van der Waals surface area contributed by atoms with Gasteiger partial charge < -0.3 is 15.5 Å². The Hall–Kier alpha value is -3.81. The molecule has 2 amide bonds. The minimum Gasteiger partial charge on any atom is -0.340 e. The van der Waals surface area contributed by atoms with Crippen LogP contribution in [0.1, 0.15) is 19.0 Å². The molecule has 0 saturated carbocycles. The van der Waals surface area contributed by atoms with Crippen molar-refractivity contribution in [3.63, 3.8) is 0 Å². The summed E-state index contributed by atoms with van der Waals surface area (Å²) in [4.78, 5) is 39.1. The molecule has 2 aromatic rings. The van der Waals surface area contributed by atoms with E-state index in [2.05, 4.69) is 25.6 Å². The molecule has 0 spiro atoms. The Balaban J connectivity index is 1.48. The maximum atomic E-state index is 13.1. The zero-order chi connectivity index (χ0) is 20.4. The first-order valence-electron chi connectivity index (χ1n) is 9.17. The molecule has 2 aliphatic heterocycles. The van der Waals surface area contributed by atoms with Crippen LogP contribution in [0.3, 0.4) is 0 Å². The van der Waals surface area contributed by atoms with E-state index in [9.17, 15) is 9.59 Å². The number of aliphatic imine (C=N–C) groups is 1. The van der Waals surface area contributed by atoms with Gasteiger partial charge in [-0.3, -0.25) is 9.59 Å². The number of anilines is 3. The van der Waals surface area contributed by atoms with Gasteiger partial charge in [-0.05, 0) is 50.3 Å². The Morgan fingerprint density at radius 1 is 1.14 bits per heavy atom. The number of carbonyl (C=O) groups is 2. The molecule has 2 N–H and O–H groups in total. The lowest BCUT2D eigenvalue weighted by atomic mass is 9.91. The third-order valence-corrected chi connectivity index (χ3v) is 4.81. The number of allylic oxidation sites excluding steroid dienone is 2. The van der Waals surface area contributed by atoms with Crippen molar-refractivity contribution < 1.29 is 9.59 Å². The summed E-state index contributed by atoms with van der Waals surface area (Å²) in [5, 5.41) is 6.10. The number of nitrogens with one attached hydrogen (secondary N) is 2. The molecule has 29 heavy (non-hydrogen) atoms. The first-order valence-corrected chi connectivity index (χ1v) is 9.17. The van der Waals surface area contributed by atoms with E-state index < -0.39 is 5.54 Å². The number of nitrogens with zero attached hydrogens (tertiary/aromatic N) is 4. The Bertz CT molecular complexity index is 1060. The van der Waals surface area contributed by atoms with Crippen LogP contribution in [0, 0.1) is 6.92 Å². The zero-order valence-electron chi connectivity index (χ0n) is 16.1. The fraction of sp³-hybridized carbons (Fsp3) is 0.190. The van der Waals surface area contributed by atoms with E-state index in [1.54, 1.807) is 42.3 Å². The topological polar surface area (TPSA) is 99.6 Å². The second-order valence-corrected chi connectivity index (χ2v) is 7.09. The van der Waals surface area contributed by atoms with Gasteiger partial charge in [0.1, 0.15) is 23.5 Å². The standard InChI is InChI=1S/C21H20N6O2/c1-14-11-17(23-13-22-14)24-15-6-8-16(9-7-15)25-20(29)21(2)12-19(28)26-18-5-3-4-10-27(18)21/h3-11,13H,12H2,1-2H3,(H,25,29)(H,22,23,24). The molecule has 2 aliphatic rings. The number of carbonyl (C=O) groups excluding carboxylic acids is 2. The molecule has 8 heteroatoms. The number of benzene rings is 1. The summed E-state index contributed by atoms with van der Waals surface area (Å²) in [6.07, 6.45) is 8.60. The molecule has 3 heterocycles. The van der Waals surface area contributed by atoms with Gasteiger partial charge in [0.15, 0.2) is 0 Å². The molecule has 0 aliphatic carbocycles. The van der Waals surface area contributed by atoms with Gasteiger partial charge in [0.2, 0.25) is 0 Å². The molecule has 146 valence electrons. The molecular weight excluding hydrogens is 368 g/mol. The lowest BCUT2D eigenvalue weighted by Gasteiger charge is -2.41. The summed E-state index contributed by atoms with van der Waals surface area (Å²) in [5.41, 5.74) is 1.28. The third-order valence-electron chi connectivity index (χ3n) is 4.81. The van der Waals surface area contributed by atoms with Gasteiger partial charge in [-0.25, -0.2) is 9.97 Å². The summed E-state index contributed by atoms with van der Waals surface area (Å²) in [6, 6.07) is 9.12. The molecule has 0 saturated heterocycles. The lowest BCUT2D eigenvalue weighted by molar-refractivity contribution is -0.130. The molecule has 0 fully saturated rings. The average molecular weight is 388 g/mol. The van der Waals surface area contributed by atoms with Gasteiger partial charge in [-0.1, -0.05) is 6.08 Å². The maximum absolute atomic E-state index is 13.1. The van der Waals surface area contributed by atoms with Crippen molar-refractivity contribution in [3.05, 3.63) is 66.8 Å². The highest BCUT2D eigenvalue weighted by Gasteiger charge is 2.45. The van der Waals surface area contributed by atoms with Crippen LogP contribution in [0.5, 0.6) is 0 Å². The van der Waals surface area contributed by atoms with Crippen LogP contribution in [-0.4, -0.2) is 38.1 Å². The first-order chi connectivity index (χ1) is 13.9. The van der Waals surface area contributed by atoms with Gasteiger partial charge >= 0.3 is 0 Å². The normalized spacial score (nSPS) is 20.1. The SMILES string of the molecule is Cc1cc(Nc2ccc(NC(=O)C3(C)CC(=O)N=C4C=CC=CN43)cc2)ncn1. The van der Waals surface area contributed by atoms with Crippen molar-refractivity contribution in [3.8, 4) is 0 Å². The Kier molecular flexibility index (Phi) is 4.67. The van der Waals surface area contributed by atoms with Gasteiger partial charge in [-0.15, -0.1) is 0 Å². The predicted octanol–water partition coefficient (Wildman–Crippen LogP) is 2.94. The van der Waals surface area contributed by atoms with Crippen LogP contribution >= 0.6 is 0 Å². The summed E-state index contributed by atoms with van der Waals surface area (Å²) in [5.74, 6) is 0.583. The van der Waals surface area contributed by atoms with Crippen LogP contribution < -0.4 is 10.6 Å². The first kappa shape index (κ1) is 18.5. The average Bonchev–Trinajstić information content (AvgIpc) is 2.69. The van der Waals surface area contributed by atoms with Gasteiger partial charge in [0, 0.05) is 29.3 Å². The summed E-state index contributed by atoms with van der Waals surface area (Å²) < 4.78 is 0. The largest absolute Gasteiger partial charge is 0.340 e. The number of amides is 2. The zero-order valence-corrected chi connectivity index (χ0v) is 16.1. The minimum absolute atomic E-state index is 0.00716. The van der Waals surface area contributed by atoms with Crippen molar-refractivity contribution in [1.29, 1.82) is 0 Å². The van der Waals surface area contributed by atoms with E-state index in [-0.39, 0.29) is 18.2 Å². The van der Waals surface area contributed by atoms with Crippen molar-refractivity contribution in [1.82, 2.24) is 14.9 Å². The van der Waals surface area contributed by atoms with Gasteiger partial charge in [-0.2, -0.15) is 4.99 Å². The molecule has 1 aromatic carbocycles. The highest BCUT2D eigenvalue weighted by molar-refractivity contribution is 6.11. The van der Waals surface area contributed by atoms with Crippen LogP contribution in [0.25, 0.3) is 0 Å². The number of aryl methyl sites for hydroxylation is 1. The van der Waals surface area contributed by atoms with Crippen LogP contribution in [0.15, 0.2) is 66.1 Å². The number of amidine groups is 1. The summed E-state index contributed by atoms with van der Waals surface area (Å²) >= 11 is 0. The predicted molar refractivity (Wildman–Crippen MR) is 111 cm³/mol. The molecule has 0 bridgehead atoms. The molecular formula is C21H20N6O2. The van der Waals surface area contributed by atoms with Gasteiger partial charge in [0.05, 0.1) is 6.42 Å². The molecule has 1 atom stereocenters. The fourth-order valence-corrected chi connectivity index (χ4v) is 3.25. The lowest BCUT2D eigenvalue weighted by Crippen LogP contribution is -2.58. The Labute approximate surface area is 168 Å². The van der Waals surface area contributed by atoms with Crippen molar-refractivity contribution >= 4 is 34.8 Å². The van der Waals surface area contributed by atoms with E-state index in [1.165, 1.54) is 6.33 Å². The van der Waals surface area contributed by atoms with Crippen molar-refractivity contribution in [2.45, 2.75) is 25.8 Å². The van der Waals surface area contributed by atoms with E-state index in [0.29, 0.717) is 17.3 Å². The van der Waals surface area contributed by atoms with E-state index in [4.69, 9.17) is 0 Å². The smallest absolute Gasteiger partial charge is 0.250 e. The minimum atomic E-state index is -1.05. The number of aromatic nitrogens is 2. The maximum Gasteiger partial charge on any atom is 0.250 e. The molecule has 1 unspecified atom stereocenters. The summed E-state index contributed by atoms with van der Waals surface area (Å²) in [6.45, 7) is 3.64. The number of hydrogen-bond donors (Lipinski definition) is 2. The molecule has 1 aromatic heterocycles. The van der Waals surface area contributed by atoms with Gasteiger partial charge in [0.25, 0.3) is 11.8 Å². The molecule has 8 nitrogen and oxygen atoms in total. The van der Waals surface area contributed by atoms with E-state index in [1.807, 2.05) is 31.2 Å². The van der Waals surface area contributed by atoms with Crippen molar-refractivity contribution in [2.24, 2.45) is 4.99 Å². The number of rotatable bonds is 4. The fourth-order valence-electron chi connectivity index (χ4n) is 3.25. The van der Waals surface area contributed by atoms with E-state index >= 15 is 0 Å². The molecule has 0 radical (unpaired) electrons. The number of hydrogen-bond acceptors (Lipinski definition) is 6. The third kappa shape index (κ3) is 3.77. The Morgan fingerprint density at radius 2 is 1.90 bits per heavy atom. The highest BCUT2D eigenvalue weighted by atomic mass is 16.2. The quantitative estimate of drug-likeness (QED) is 0.835. The van der Waals surface area contributed by atoms with Crippen molar-refractivity contribution in [2.75, 3.05) is 10.6 Å². The number of fused-ring (bicyclic) bond motifs is 1. The van der Waals surface area contributed by atoms with E-state index in [0.717, 1.165) is 11.4 Å². The Morgan fingerprint density at radius 3 is 2.66 bits per heavy atom. The van der Waals surface area contributed by atoms with Crippen LogP contribution in [-0.2, 0) is 9.59 Å². The highest BCUT2D eigenvalue weighted by Crippen LogP contribution is 2.29. The second kappa shape index (κ2) is 7.31. The summed E-state index contributed by atoms with van der Waals surface area (Å²) in [7, 11) is 0. The van der Waals surface area contributed by atoms with Crippen LogP contribution in [0.4, 0.5) is 17.2 Å².